The molecule has 0 bridgehead atoms. The molecule has 5 nitrogen and oxygen atoms in total. The molecular weight excluding hydrogens is 216 g/mol. The number of aromatic nitrogens is 1. The lowest BCUT2D eigenvalue weighted by molar-refractivity contribution is -0.108. The van der Waals surface area contributed by atoms with Crippen molar-refractivity contribution in [1.82, 2.24) is 4.98 Å². The molecule has 82 valence electrons. The SMILES string of the molecule is CS(=O)(=O)c1cc([C@@H](N)CC=O)ccn1. The van der Waals surface area contributed by atoms with E-state index in [9.17, 15) is 13.2 Å². The first-order valence-electron chi connectivity index (χ1n) is 4.30. The number of hydrogen-bond acceptors (Lipinski definition) is 5. The van der Waals surface area contributed by atoms with Crippen molar-refractivity contribution in [2.75, 3.05) is 6.26 Å². The smallest absolute Gasteiger partial charge is 0.192 e. The highest BCUT2D eigenvalue weighted by atomic mass is 32.2. The summed E-state index contributed by atoms with van der Waals surface area (Å²) >= 11 is 0. The highest BCUT2D eigenvalue weighted by Gasteiger charge is 2.12. The fraction of sp³-hybridized carbons (Fsp3) is 0.333. The van der Waals surface area contributed by atoms with Gasteiger partial charge in [-0.15, -0.1) is 0 Å². The Morgan fingerprint density at radius 2 is 2.27 bits per heavy atom. The van der Waals surface area contributed by atoms with E-state index < -0.39 is 15.9 Å². The summed E-state index contributed by atoms with van der Waals surface area (Å²) in [5.74, 6) is 0. The van der Waals surface area contributed by atoms with Gasteiger partial charge in [-0.1, -0.05) is 0 Å². The molecule has 0 spiro atoms. The third kappa shape index (κ3) is 3.10. The van der Waals surface area contributed by atoms with Gasteiger partial charge >= 0.3 is 0 Å². The molecule has 0 saturated carbocycles. The summed E-state index contributed by atoms with van der Waals surface area (Å²) in [6, 6.07) is 2.51. The average molecular weight is 228 g/mol. The molecular formula is C9H12N2O3S. The van der Waals surface area contributed by atoms with E-state index in [0.29, 0.717) is 11.8 Å². The molecule has 0 aliphatic rings. The highest BCUT2D eigenvalue weighted by Crippen LogP contribution is 2.15. The standard InChI is InChI=1S/C9H12N2O3S/c1-15(13,14)9-6-7(2-4-11-9)8(10)3-5-12/h2,4-6,8H,3,10H2,1H3/t8-/m0/s1. The molecule has 15 heavy (non-hydrogen) atoms. The molecule has 1 atom stereocenters. The Hall–Kier alpha value is -1.27. The molecule has 0 aliphatic carbocycles. The molecule has 1 rings (SSSR count). The van der Waals surface area contributed by atoms with Gasteiger partial charge in [0.25, 0.3) is 0 Å². The Morgan fingerprint density at radius 3 is 2.80 bits per heavy atom. The third-order valence-electron chi connectivity index (χ3n) is 1.92. The maximum atomic E-state index is 11.2. The maximum absolute atomic E-state index is 11.2. The highest BCUT2D eigenvalue weighted by molar-refractivity contribution is 7.90. The predicted molar refractivity (Wildman–Crippen MR) is 55.0 cm³/mol. The van der Waals surface area contributed by atoms with Crippen LogP contribution in [0, 0.1) is 0 Å². The first-order valence-corrected chi connectivity index (χ1v) is 6.19. The molecule has 6 heteroatoms. The zero-order chi connectivity index (χ0) is 11.5. The van der Waals surface area contributed by atoms with Crippen molar-refractivity contribution < 1.29 is 13.2 Å². The fourth-order valence-electron chi connectivity index (χ4n) is 1.10. The van der Waals surface area contributed by atoms with Gasteiger partial charge in [0.15, 0.2) is 14.9 Å². The summed E-state index contributed by atoms with van der Waals surface area (Å²) in [4.78, 5) is 14.0. The minimum absolute atomic E-state index is 0.0265. The number of aldehydes is 1. The van der Waals surface area contributed by atoms with Gasteiger partial charge in [0, 0.05) is 24.9 Å². The average Bonchev–Trinajstić information content (AvgIpc) is 2.17. The van der Waals surface area contributed by atoms with Crippen molar-refractivity contribution >= 4 is 16.1 Å². The Bertz CT molecular complexity index is 456. The van der Waals surface area contributed by atoms with Crippen molar-refractivity contribution in [3.8, 4) is 0 Å². The molecule has 0 saturated heterocycles. The number of nitrogens with zero attached hydrogens (tertiary/aromatic N) is 1. The van der Waals surface area contributed by atoms with Crippen LogP contribution in [0.15, 0.2) is 23.4 Å². The van der Waals surface area contributed by atoms with Crippen LogP contribution in [0.4, 0.5) is 0 Å². The van der Waals surface area contributed by atoms with E-state index in [0.717, 1.165) is 6.26 Å². The summed E-state index contributed by atoms with van der Waals surface area (Å²) in [7, 11) is -3.33. The van der Waals surface area contributed by atoms with E-state index in [4.69, 9.17) is 5.73 Å². The van der Waals surface area contributed by atoms with Gasteiger partial charge in [0.05, 0.1) is 0 Å². The van der Waals surface area contributed by atoms with Crippen LogP contribution in [-0.4, -0.2) is 25.9 Å². The summed E-state index contributed by atoms with van der Waals surface area (Å²) < 4.78 is 22.4. The summed E-state index contributed by atoms with van der Waals surface area (Å²) in [5.41, 5.74) is 6.26. The number of nitrogens with two attached hydrogens (primary N) is 1. The lowest BCUT2D eigenvalue weighted by Gasteiger charge is -2.08. The summed E-state index contributed by atoms with van der Waals surface area (Å²) in [5, 5.41) is -0.0265. The quantitative estimate of drug-likeness (QED) is 0.737. The molecule has 0 fully saturated rings. The molecule has 1 heterocycles. The van der Waals surface area contributed by atoms with Gasteiger partial charge < -0.3 is 10.5 Å². The van der Waals surface area contributed by atoms with Crippen LogP contribution in [0.1, 0.15) is 18.0 Å². The number of carbonyl (C=O) groups is 1. The van der Waals surface area contributed by atoms with Crippen LogP contribution in [0.25, 0.3) is 0 Å². The molecule has 2 N–H and O–H groups in total. The lowest BCUT2D eigenvalue weighted by Crippen LogP contribution is -2.12. The van der Waals surface area contributed by atoms with Crippen LogP contribution >= 0.6 is 0 Å². The number of sulfone groups is 1. The molecule has 1 aromatic heterocycles. The second-order valence-corrected chi connectivity index (χ2v) is 5.17. The number of hydrogen-bond donors (Lipinski definition) is 1. The molecule has 0 amide bonds. The zero-order valence-electron chi connectivity index (χ0n) is 8.25. The Balaban J connectivity index is 3.08. The maximum Gasteiger partial charge on any atom is 0.192 e. The van der Waals surface area contributed by atoms with Gasteiger partial charge in [-0.05, 0) is 17.7 Å². The van der Waals surface area contributed by atoms with Crippen molar-refractivity contribution in [2.45, 2.75) is 17.5 Å². The fourth-order valence-corrected chi connectivity index (χ4v) is 1.70. The van der Waals surface area contributed by atoms with E-state index >= 15 is 0 Å². The van der Waals surface area contributed by atoms with Crippen LogP contribution in [-0.2, 0) is 14.6 Å². The van der Waals surface area contributed by atoms with E-state index in [1.165, 1.54) is 12.3 Å². The Kier molecular flexibility index (Phi) is 3.54. The predicted octanol–water partition coefficient (Wildman–Crippen LogP) is 0.0739. The normalized spacial score (nSPS) is 13.5. The second-order valence-electron chi connectivity index (χ2n) is 3.21. The summed E-state index contributed by atoms with van der Waals surface area (Å²) in [6.07, 6.45) is 3.30. The number of rotatable bonds is 4. The van der Waals surface area contributed by atoms with Gasteiger partial charge in [-0.25, -0.2) is 13.4 Å². The molecule has 0 unspecified atom stereocenters. The van der Waals surface area contributed by atoms with E-state index in [1.807, 2.05) is 0 Å². The van der Waals surface area contributed by atoms with Gasteiger partial charge in [-0.2, -0.15) is 0 Å². The van der Waals surface area contributed by atoms with Crippen molar-refractivity contribution in [2.24, 2.45) is 5.73 Å². The van der Waals surface area contributed by atoms with Crippen molar-refractivity contribution in [3.63, 3.8) is 0 Å². The van der Waals surface area contributed by atoms with Crippen molar-refractivity contribution in [1.29, 1.82) is 0 Å². The largest absolute Gasteiger partial charge is 0.324 e. The Labute approximate surface area is 88.2 Å². The molecule has 1 aromatic rings. The first-order chi connectivity index (χ1) is 6.95. The van der Waals surface area contributed by atoms with E-state index in [2.05, 4.69) is 4.98 Å². The minimum Gasteiger partial charge on any atom is -0.324 e. The van der Waals surface area contributed by atoms with E-state index in [1.54, 1.807) is 6.07 Å². The lowest BCUT2D eigenvalue weighted by atomic mass is 10.1. The van der Waals surface area contributed by atoms with Crippen LogP contribution in [0.3, 0.4) is 0 Å². The van der Waals surface area contributed by atoms with Crippen molar-refractivity contribution in [3.05, 3.63) is 23.9 Å². The third-order valence-corrected chi connectivity index (χ3v) is 2.90. The molecule has 0 radical (unpaired) electrons. The van der Waals surface area contributed by atoms with Crippen LogP contribution < -0.4 is 5.73 Å². The second kappa shape index (κ2) is 4.50. The Morgan fingerprint density at radius 1 is 1.60 bits per heavy atom. The van der Waals surface area contributed by atoms with Gasteiger partial charge in [0.1, 0.15) is 6.29 Å². The monoisotopic (exact) mass is 228 g/mol. The molecule has 0 aliphatic heterocycles. The van der Waals surface area contributed by atoms with E-state index in [-0.39, 0.29) is 11.4 Å². The van der Waals surface area contributed by atoms with Gasteiger partial charge in [0.2, 0.25) is 0 Å². The summed E-state index contributed by atoms with van der Waals surface area (Å²) in [6.45, 7) is 0. The van der Waals surface area contributed by atoms with Crippen LogP contribution in [0.5, 0.6) is 0 Å². The van der Waals surface area contributed by atoms with Crippen LogP contribution in [0.2, 0.25) is 0 Å². The number of carbonyl (C=O) groups excluding carboxylic acids is 1. The number of pyridine rings is 1. The topological polar surface area (TPSA) is 90.1 Å². The zero-order valence-corrected chi connectivity index (χ0v) is 9.07. The van der Waals surface area contributed by atoms with Gasteiger partial charge in [-0.3, -0.25) is 0 Å². The minimum atomic E-state index is -3.33. The molecule has 0 aromatic carbocycles. The first kappa shape index (κ1) is 11.8.